The smallest absolute Gasteiger partial charge is 0.173 e. The Hall–Kier alpha value is -1.32. The maximum absolute atomic E-state index is 12.8. The maximum Gasteiger partial charge on any atom is 0.173 e. The molecule has 2 atom stereocenters. The molecular formula is C20H21ClO2S. The zero-order valence-corrected chi connectivity index (χ0v) is 15.7. The van der Waals surface area contributed by atoms with Gasteiger partial charge in [-0.25, -0.2) is 0 Å². The number of carbonyl (C=O) groups excluding carboxylic acids is 1. The van der Waals surface area contributed by atoms with Gasteiger partial charge in [0.25, 0.3) is 0 Å². The number of hydrogen-bond acceptors (Lipinski definition) is 3. The van der Waals surface area contributed by atoms with Crippen LogP contribution < -0.4 is 0 Å². The van der Waals surface area contributed by atoms with Crippen LogP contribution in [0.1, 0.15) is 57.4 Å². The highest BCUT2D eigenvalue weighted by atomic mass is 35.5. The van der Waals surface area contributed by atoms with Crippen molar-refractivity contribution in [1.82, 2.24) is 0 Å². The monoisotopic (exact) mass is 360 g/mol. The lowest BCUT2D eigenvalue weighted by molar-refractivity contribution is 0.0986. The van der Waals surface area contributed by atoms with Gasteiger partial charge < -0.3 is 5.11 Å². The van der Waals surface area contributed by atoms with E-state index in [0.29, 0.717) is 29.2 Å². The van der Waals surface area contributed by atoms with Crippen LogP contribution in [0.15, 0.2) is 18.2 Å². The number of ketones is 1. The molecule has 0 bridgehead atoms. The number of fused-ring (bicyclic) bond motifs is 3. The molecule has 4 rings (SSSR count). The number of rotatable bonds is 4. The van der Waals surface area contributed by atoms with Crippen molar-refractivity contribution in [2.75, 3.05) is 0 Å². The fraction of sp³-hybridized carbons (Fsp3) is 0.450. The molecule has 1 heterocycles. The van der Waals surface area contributed by atoms with Gasteiger partial charge in [0, 0.05) is 16.3 Å². The summed E-state index contributed by atoms with van der Waals surface area (Å²) in [5, 5.41) is 9.95. The van der Waals surface area contributed by atoms with E-state index in [2.05, 4.69) is 20.8 Å². The number of halogens is 1. The highest BCUT2D eigenvalue weighted by Crippen LogP contribution is 2.71. The van der Waals surface area contributed by atoms with E-state index in [0.717, 1.165) is 22.8 Å². The van der Waals surface area contributed by atoms with Crippen LogP contribution in [0.25, 0.3) is 0 Å². The fourth-order valence-corrected chi connectivity index (χ4v) is 5.93. The van der Waals surface area contributed by atoms with E-state index in [9.17, 15) is 9.90 Å². The molecule has 126 valence electrons. The van der Waals surface area contributed by atoms with Crippen molar-refractivity contribution in [3.05, 3.63) is 49.7 Å². The normalized spacial score (nSPS) is 23.0. The Labute approximate surface area is 151 Å². The molecule has 2 nitrogen and oxygen atoms in total. The summed E-state index contributed by atoms with van der Waals surface area (Å²) in [6, 6.07) is 4.95. The van der Waals surface area contributed by atoms with Gasteiger partial charge in [0.2, 0.25) is 0 Å². The Morgan fingerprint density at radius 3 is 2.88 bits per heavy atom. The molecule has 0 radical (unpaired) electrons. The summed E-state index contributed by atoms with van der Waals surface area (Å²) in [7, 11) is 0. The minimum atomic E-state index is 0.156. The van der Waals surface area contributed by atoms with Crippen molar-refractivity contribution in [2.24, 2.45) is 11.3 Å². The van der Waals surface area contributed by atoms with E-state index in [-0.39, 0.29) is 11.5 Å². The van der Waals surface area contributed by atoms with E-state index in [4.69, 9.17) is 11.6 Å². The van der Waals surface area contributed by atoms with Crippen LogP contribution >= 0.6 is 22.9 Å². The van der Waals surface area contributed by atoms with Gasteiger partial charge >= 0.3 is 0 Å². The number of carbonyl (C=O) groups is 1. The van der Waals surface area contributed by atoms with Crippen molar-refractivity contribution >= 4 is 28.7 Å². The van der Waals surface area contributed by atoms with Crippen LogP contribution in [0.3, 0.4) is 0 Å². The first-order valence-corrected chi connectivity index (χ1v) is 9.63. The van der Waals surface area contributed by atoms with E-state index >= 15 is 0 Å². The summed E-state index contributed by atoms with van der Waals surface area (Å²) in [6.45, 7) is 6.85. The Morgan fingerprint density at radius 2 is 2.17 bits per heavy atom. The predicted molar refractivity (Wildman–Crippen MR) is 98.5 cm³/mol. The van der Waals surface area contributed by atoms with Gasteiger partial charge in [-0.1, -0.05) is 31.5 Å². The first-order valence-electron chi connectivity index (χ1n) is 8.43. The number of benzene rings is 1. The molecular weight excluding hydrogens is 340 g/mol. The minimum absolute atomic E-state index is 0.156. The lowest BCUT2D eigenvalue weighted by atomic mass is 9.94. The maximum atomic E-state index is 12.8. The topological polar surface area (TPSA) is 37.3 Å². The molecule has 1 aromatic carbocycles. The molecule has 2 aliphatic carbocycles. The highest BCUT2D eigenvalue weighted by molar-refractivity contribution is 7.14. The Balaban J connectivity index is 1.53. The van der Waals surface area contributed by atoms with Gasteiger partial charge in [0.15, 0.2) is 5.78 Å². The van der Waals surface area contributed by atoms with Crippen molar-refractivity contribution in [3.8, 4) is 5.75 Å². The van der Waals surface area contributed by atoms with E-state index in [1.54, 1.807) is 23.5 Å². The molecule has 1 saturated carbocycles. The Kier molecular flexibility index (Phi) is 3.59. The second kappa shape index (κ2) is 5.34. The van der Waals surface area contributed by atoms with Crippen LogP contribution in [0.4, 0.5) is 0 Å². The van der Waals surface area contributed by atoms with E-state index in [1.807, 2.05) is 0 Å². The van der Waals surface area contributed by atoms with Crippen molar-refractivity contribution in [2.45, 2.75) is 46.0 Å². The summed E-state index contributed by atoms with van der Waals surface area (Å²) < 4.78 is 0. The fourth-order valence-electron chi connectivity index (χ4n) is 4.46. The van der Waals surface area contributed by atoms with Crippen molar-refractivity contribution in [3.63, 3.8) is 0 Å². The van der Waals surface area contributed by atoms with E-state index in [1.165, 1.54) is 22.1 Å². The molecule has 2 aliphatic rings. The number of aryl methyl sites for hydroxylation is 2. The Bertz CT molecular complexity index is 850. The quantitative estimate of drug-likeness (QED) is 0.728. The van der Waals surface area contributed by atoms with Crippen LogP contribution in [0.5, 0.6) is 5.75 Å². The molecule has 4 heteroatoms. The molecule has 0 saturated heterocycles. The van der Waals surface area contributed by atoms with Crippen LogP contribution in [-0.2, 0) is 12.8 Å². The molecule has 1 fully saturated rings. The number of Topliss-reactive ketones (excluding diaryl/α,β-unsaturated/α-hetero) is 1. The average Bonchev–Trinajstić information content (AvgIpc) is 2.86. The summed E-state index contributed by atoms with van der Waals surface area (Å²) in [6.07, 6.45) is 2.15. The predicted octanol–water partition coefficient (Wildman–Crippen LogP) is 5.53. The SMILES string of the molecule is Cc1sc(C(=O)CCc2ccc(O)cc2Cl)c2c1[C@H]1[C@@H](C2)C1(C)C. The zero-order valence-electron chi connectivity index (χ0n) is 14.1. The molecule has 1 aromatic heterocycles. The standard InChI is InChI=1S/C20H21ClO2S/c1-10-17-13(9-14-18(17)20(14,2)3)19(24-10)16(23)7-5-11-4-6-12(22)8-15(11)21/h4,6,8,14,18,22H,5,7,9H2,1-3H3/t14-,18-/m1/s1. The molecule has 0 spiro atoms. The van der Waals surface area contributed by atoms with Gasteiger partial charge in [0.05, 0.1) is 4.88 Å². The molecule has 0 aliphatic heterocycles. The van der Waals surface area contributed by atoms with Crippen LogP contribution in [0, 0.1) is 18.3 Å². The number of hydrogen-bond donors (Lipinski definition) is 1. The molecule has 2 aromatic rings. The lowest BCUT2D eigenvalue weighted by Crippen LogP contribution is -2.05. The molecule has 1 N–H and O–H groups in total. The third-order valence-electron chi connectivity index (χ3n) is 5.93. The summed E-state index contributed by atoms with van der Waals surface area (Å²) in [4.78, 5) is 15.1. The third-order valence-corrected chi connectivity index (χ3v) is 7.49. The number of phenolic OH excluding ortho intramolecular Hbond substituents is 1. The first-order chi connectivity index (χ1) is 11.3. The third kappa shape index (κ3) is 2.33. The van der Waals surface area contributed by atoms with Crippen LogP contribution in [-0.4, -0.2) is 10.9 Å². The van der Waals surface area contributed by atoms with Gasteiger partial charge in [-0.2, -0.15) is 0 Å². The highest BCUT2D eigenvalue weighted by Gasteiger charge is 2.63. The van der Waals surface area contributed by atoms with Gasteiger partial charge in [-0.05, 0) is 65.8 Å². The summed E-state index contributed by atoms with van der Waals surface area (Å²) >= 11 is 7.82. The van der Waals surface area contributed by atoms with Gasteiger partial charge in [-0.3, -0.25) is 4.79 Å². The van der Waals surface area contributed by atoms with Crippen molar-refractivity contribution in [1.29, 1.82) is 0 Å². The molecule has 0 amide bonds. The largest absolute Gasteiger partial charge is 0.508 e. The summed E-state index contributed by atoms with van der Waals surface area (Å²) in [5.41, 5.74) is 4.13. The van der Waals surface area contributed by atoms with Crippen LogP contribution in [0.2, 0.25) is 5.02 Å². The second-order valence-electron chi connectivity index (χ2n) is 7.69. The van der Waals surface area contributed by atoms with Gasteiger partial charge in [0.1, 0.15) is 5.75 Å². The summed E-state index contributed by atoms with van der Waals surface area (Å²) in [5.74, 6) is 1.78. The number of aromatic hydroxyl groups is 1. The number of phenols is 1. The van der Waals surface area contributed by atoms with Crippen molar-refractivity contribution < 1.29 is 9.90 Å². The van der Waals surface area contributed by atoms with Gasteiger partial charge in [-0.15, -0.1) is 11.3 Å². The molecule has 0 unspecified atom stereocenters. The lowest BCUT2D eigenvalue weighted by Gasteiger charge is -2.10. The zero-order chi connectivity index (χ0) is 17.2. The van der Waals surface area contributed by atoms with E-state index < -0.39 is 0 Å². The minimum Gasteiger partial charge on any atom is -0.508 e. The average molecular weight is 361 g/mol. The Morgan fingerprint density at radius 1 is 1.42 bits per heavy atom. The number of thiophene rings is 1. The second-order valence-corrected chi connectivity index (χ2v) is 9.32. The first kappa shape index (κ1) is 16.2. The molecule has 24 heavy (non-hydrogen) atoms.